The zero-order valence-electron chi connectivity index (χ0n) is 19.6. The Labute approximate surface area is 191 Å². The first-order valence-electron chi connectivity index (χ1n) is 12.3. The van der Waals surface area contributed by atoms with Gasteiger partial charge in [0, 0.05) is 50.9 Å². The minimum absolute atomic E-state index is 0.225. The lowest BCUT2D eigenvalue weighted by Gasteiger charge is -2.32. The van der Waals surface area contributed by atoms with Gasteiger partial charge in [-0.3, -0.25) is 4.79 Å². The van der Waals surface area contributed by atoms with Crippen molar-refractivity contribution in [2.45, 2.75) is 64.6 Å². The van der Waals surface area contributed by atoms with Crippen molar-refractivity contribution in [3.8, 4) is 0 Å². The van der Waals surface area contributed by atoms with Crippen LogP contribution in [0.4, 0.5) is 5.82 Å². The topological polar surface area (TPSA) is 82.1 Å². The summed E-state index contributed by atoms with van der Waals surface area (Å²) in [5.74, 6) is 2.41. The van der Waals surface area contributed by atoms with E-state index < -0.39 is 0 Å². The predicted octanol–water partition coefficient (Wildman–Crippen LogP) is 2.15. The SMILES string of the molecule is CCNC(=NCc1ccnc(N2CCOC(C)C2)c1)NC1CCN(C(=O)C2CCCC2)C1. The number of rotatable bonds is 6. The standard InChI is InChI=1S/C24H38N6O2/c1-3-25-24(28-21-9-11-30(17-21)23(31)20-6-4-5-7-20)27-15-19-8-10-26-22(14-19)29-12-13-32-18(2)16-29/h8,10,14,18,20-21H,3-7,9,11-13,15-17H2,1-2H3,(H2,25,27,28). The fraction of sp³-hybridized carbons (Fsp3) is 0.708. The van der Waals surface area contributed by atoms with Crippen LogP contribution in [-0.2, 0) is 16.1 Å². The Balaban J connectivity index is 1.33. The number of carbonyl (C=O) groups is 1. The van der Waals surface area contributed by atoms with E-state index in [0.29, 0.717) is 12.5 Å². The highest BCUT2D eigenvalue weighted by Gasteiger charge is 2.32. The number of aliphatic imine (C=N–C) groups is 1. The quantitative estimate of drug-likeness (QED) is 0.519. The lowest BCUT2D eigenvalue weighted by atomic mass is 10.1. The van der Waals surface area contributed by atoms with Crippen molar-refractivity contribution in [3.63, 3.8) is 0 Å². The normalized spacial score (nSPS) is 24.8. The monoisotopic (exact) mass is 442 g/mol. The van der Waals surface area contributed by atoms with Crippen molar-refractivity contribution in [2.75, 3.05) is 44.2 Å². The van der Waals surface area contributed by atoms with Crippen LogP contribution in [0.2, 0.25) is 0 Å². The molecule has 1 saturated carbocycles. The third-order valence-corrected chi connectivity index (χ3v) is 6.68. The van der Waals surface area contributed by atoms with E-state index in [-0.39, 0.29) is 18.1 Å². The van der Waals surface area contributed by atoms with Crippen LogP contribution < -0.4 is 15.5 Å². The van der Waals surface area contributed by atoms with Crippen molar-refractivity contribution >= 4 is 17.7 Å². The van der Waals surface area contributed by atoms with Crippen molar-refractivity contribution < 1.29 is 9.53 Å². The summed E-state index contributed by atoms with van der Waals surface area (Å²) >= 11 is 0. The van der Waals surface area contributed by atoms with Gasteiger partial charge >= 0.3 is 0 Å². The Morgan fingerprint density at radius 2 is 2.09 bits per heavy atom. The van der Waals surface area contributed by atoms with Gasteiger partial charge in [0.05, 0.1) is 19.3 Å². The molecule has 2 atom stereocenters. The average molecular weight is 443 g/mol. The van der Waals surface area contributed by atoms with Crippen LogP contribution in [0, 0.1) is 5.92 Å². The number of amides is 1. The van der Waals surface area contributed by atoms with Crippen LogP contribution in [0.3, 0.4) is 0 Å². The summed E-state index contributed by atoms with van der Waals surface area (Å²) in [4.78, 5) is 26.4. The van der Waals surface area contributed by atoms with Crippen LogP contribution in [0.5, 0.6) is 0 Å². The number of likely N-dealkylation sites (tertiary alicyclic amines) is 1. The van der Waals surface area contributed by atoms with Crippen molar-refractivity contribution in [1.29, 1.82) is 0 Å². The van der Waals surface area contributed by atoms with Crippen molar-refractivity contribution in [3.05, 3.63) is 23.9 Å². The molecule has 2 N–H and O–H groups in total. The van der Waals surface area contributed by atoms with E-state index >= 15 is 0 Å². The number of nitrogens with zero attached hydrogens (tertiary/aromatic N) is 4. The molecule has 1 amide bonds. The second-order valence-corrected chi connectivity index (χ2v) is 9.24. The fourth-order valence-corrected chi connectivity index (χ4v) is 4.95. The van der Waals surface area contributed by atoms with Gasteiger partial charge in [0.1, 0.15) is 5.82 Å². The van der Waals surface area contributed by atoms with Gasteiger partial charge in [0.15, 0.2) is 5.96 Å². The molecular weight excluding hydrogens is 404 g/mol. The third kappa shape index (κ3) is 5.91. The molecule has 2 unspecified atom stereocenters. The van der Waals surface area contributed by atoms with Gasteiger partial charge in [-0.15, -0.1) is 0 Å². The van der Waals surface area contributed by atoms with E-state index in [9.17, 15) is 4.79 Å². The molecule has 1 aromatic heterocycles. The number of anilines is 1. The Hall–Kier alpha value is -2.35. The number of carbonyl (C=O) groups excluding carboxylic acids is 1. The Morgan fingerprint density at radius 3 is 2.88 bits per heavy atom. The van der Waals surface area contributed by atoms with Gasteiger partial charge in [-0.25, -0.2) is 9.98 Å². The number of hydrogen-bond donors (Lipinski definition) is 2. The van der Waals surface area contributed by atoms with Crippen LogP contribution in [-0.4, -0.2) is 73.2 Å². The number of morpholine rings is 1. The molecule has 0 radical (unpaired) electrons. The van der Waals surface area contributed by atoms with Gasteiger partial charge < -0.3 is 25.2 Å². The van der Waals surface area contributed by atoms with E-state index in [1.54, 1.807) is 0 Å². The maximum atomic E-state index is 12.7. The zero-order valence-corrected chi connectivity index (χ0v) is 19.6. The van der Waals surface area contributed by atoms with Gasteiger partial charge in [0.2, 0.25) is 5.91 Å². The molecule has 3 aliphatic rings. The Morgan fingerprint density at radius 1 is 1.25 bits per heavy atom. The van der Waals surface area contributed by atoms with Crippen molar-refractivity contribution in [1.82, 2.24) is 20.5 Å². The highest BCUT2D eigenvalue weighted by Crippen LogP contribution is 2.27. The summed E-state index contributed by atoms with van der Waals surface area (Å²) in [6, 6.07) is 4.40. The number of ether oxygens (including phenoxy) is 1. The second kappa shape index (κ2) is 11.0. The lowest BCUT2D eigenvalue weighted by molar-refractivity contribution is -0.134. The lowest BCUT2D eigenvalue weighted by Crippen LogP contribution is -2.45. The summed E-state index contributed by atoms with van der Waals surface area (Å²) in [5.41, 5.74) is 1.14. The molecular formula is C24H38N6O2. The second-order valence-electron chi connectivity index (χ2n) is 9.24. The summed E-state index contributed by atoms with van der Waals surface area (Å²) < 4.78 is 5.65. The first-order valence-corrected chi connectivity index (χ1v) is 12.3. The van der Waals surface area contributed by atoms with E-state index in [1.807, 2.05) is 12.3 Å². The van der Waals surface area contributed by atoms with Gasteiger partial charge in [-0.2, -0.15) is 0 Å². The van der Waals surface area contributed by atoms with Crippen LogP contribution in [0.25, 0.3) is 0 Å². The molecule has 3 fully saturated rings. The molecule has 8 nitrogen and oxygen atoms in total. The summed E-state index contributed by atoms with van der Waals surface area (Å²) in [6.07, 6.45) is 7.59. The van der Waals surface area contributed by atoms with E-state index in [1.165, 1.54) is 12.8 Å². The minimum Gasteiger partial charge on any atom is -0.375 e. The Kier molecular flexibility index (Phi) is 7.84. The Bertz CT molecular complexity index is 794. The largest absolute Gasteiger partial charge is 0.375 e. The molecule has 0 bridgehead atoms. The molecule has 8 heteroatoms. The predicted molar refractivity (Wildman–Crippen MR) is 127 cm³/mol. The molecule has 1 aliphatic carbocycles. The van der Waals surface area contributed by atoms with E-state index in [4.69, 9.17) is 9.73 Å². The van der Waals surface area contributed by atoms with Crippen LogP contribution in [0.15, 0.2) is 23.3 Å². The molecule has 2 saturated heterocycles. The molecule has 0 spiro atoms. The molecule has 0 aromatic carbocycles. The summed E-state index contributed by atoms with van der Waals surface area (Å²) in [7, 11) is 0. The zero-order chi connectivity index (χ0) is 22.3. The number of aromatic nitrogens is 1. The van der Waals surface area contributed by atoms with Crippen LogP contribution >= 0.6 is 0 Å². The third-order valence-electron chi connectivity index (χ3n) is 6.68. The van der Waals surface area contributed by atoms with Gasteiger partial charge in [0.25, 0.3) is 0 Å². The van der Waals surface area contributed by atoms with Crippen molar-refractivity contribution in [2.24, 2.45) is 10.9 Å². The number of nitrogens with one attached hydrogen (secondary N) is 2. The average Bonchev–Trinajstić information content (AvgIpc) is 3.50. The highest BCUT2D eigenvalue weighted by atomic mass is 16.5. The molecule has 3 heterocycles. The molecule has 1 aromatic rings. The molecule has 176 valence electrons. The maximum Gasteiger partial charge on any atom is 0.225 e. The fourth-order valence-electron chi connectivity index (χ4n) is 4.95. The molecule has 4 rings (SSSR count). The van der Waals surface area contributed by atoms with E-state index in [2.05, 4.69) is 45.3 Å². The summed E-state index contributed by atoms with van der Waals surface area (Å²) in [6.45, 7) is 9.65. The number of hydrogen-bond acceptors (Lipinski definition) is 5. The first-order chi connectivity index (χ1) is 15.6. The first kappa shape index (κ1) is 22.8. The van der Waals surface area contributed by atoms with Gasteiger partial charge in [-0.05, 0) is 50.8 Å². The number of guanidine groups is 1. The van der Waals surface area contributed by atoms with Crippen LogP contribution in [0.1, 0.15) is 51.5 Å². The smallest absolute Gasteiger partial charge is 0.225 e. The maximum absolute atomic E-state index is 12.7. The number of pyridine rings is 1. The minimum atomic E-state index is 0.225. The highest BCUT2D eigenvalue weighted by molar-refractivity contribution is 5.81. The molecule has 32 heavy (non-hydrogen) atoms. The summed E-state index contributed by atoms with van der Waals surface area (Å²) in [5, 5.41) is 6.90. The molecule has 2 aliphatic heterocycles. The van der Waals surface area contributed by atoms with Gasteiger partial charge in [-0.1, -0.05) is 12.8 Å². The van der Waals surface area contributed by atoms with E-state index in [0.717, 1.165) is 75.9 Å².